The molecule has 5 heteroatoms. The highest BCUT2D eigenvalue weighted by atomic mass is 16.5. The molecule has 0 aliphatic carbocycles. The van der Waals surface area contributed by atoms with Gasteiger partial charge in [-0.1, -0.05) is 0 Å². The van der Waals surface area contributed by atoms with Crippen LogP contribution in [0.5, 0.6) is 5.88 Å². The van der Waals surface area contributed by atoms with Gasteiger partial charge in [-0.25, -0.2) is 4.98 Å². The quantitative estimate of drug-likeness (QED) is 0.657. The van der Waals surface area contributed by atoms with Crippen LogP contribution in [0.25, 0.3) is 5.57 Å². The number of hydrogen-bond acceptors (Lipinski definition) is 5. The largest absolute Gasteiger partial charge is 0.480 e. The van der Waals surface area contributed by atoms with Gasteiger partial charge in [0.25, 0.3) is 0 Å². The van der Waals surface area contributed by atoms with Gasteiger partial charge in [0, 0.05) is 18.0 Å². The number of nitrogens with one attached hydrogen (secondary N) is 1. The Kier molecular flexibility index (Phi) is 2.97. The van der Waals surface area contributed by atoms with Crippen molar-refractivity contribution >= 4 is 11.8 Å². The zero-order valence-electron chi connectivity index (χ0n) is 7.19. The van der Waals surface area contributed by atoms with Crippen LogP contribution in [0, 0.1) is 5.41 Å². The van der Waals surface area contributed by atoms with Gasteiger partial charge in [-0.3, -0.25) is 4.98 Å². The highest BCUT2D eigenvalue weighted by Gasteiger charge is 2.01. The fraction of sp³-hybridized carbons (Fsp3) is 0.125. The number of aromatic nitrogens is 2. The third-order valence-corrected chi connectivity index (χ3v) is 1.45. The molecule has 0 saturated heterocycles. The summed E-state index contributed by atoms with van der Waals surface area (Å²) < 4.78 is 4.88. The molecule has 1 aromatic heterocycles. The van der Waals surface area contributed by atoms with Crippen LogP contribution in [-0.2, 0) is 0 Å². The number of ether oxygens (including phenoxy) is 1. The molecule has 1 aromatic rings. The molecule has 0 amide bonds. The monoisotopic (exact) mass is 178 g/mol. The van der Waals surface area contributed by atoms with Gasteiger partial charge in [0.15, 0.2) is 0 Å². The SMILES string of the molecule is COc1cncc(/C(C=N)=C/N)n1. The highest BCUT2D eigenvalue weighted by Crippen LogP contribution is 2.10. The maximum Gasteiger partial charge on any atom is 0.232 e. The van der Waals surface area contributed by atoms with Crippen LogP contribution in [-0.4, -0.2) is 23.3 Å². The van der Waals surface area contributed by atoms with Crippen molar-refractivity contribution in [2.75, 3.05) is 7.11 Å². The van der Waals surface area contributed by atoms with Crippen LogP contribution in [0.15, 0.2) is 18.6 Å². The van der Waals surface area contributed by atoms with E-state index in [2.05, 4.69) is 9.97 Å². The minimum atomic E-state index is 0.402. The fourth-order valence-electron chi connectivity index (χ4n) is 0.793. The normalized spacial score (nSPS) is 11.0. The number of rotatable bonds is 3. The zero-order chi connectivity index (χ0) is 9.68. The van der Waals surface area contributed by atoms with E-state index >= 15 is 0 Å². The first kappa shape index (κ1) is 9.18. The lowest BCUT2D eigenvalue weighted by molar-refractivity contribution is 0.395. The van der Waals surface area contributed by atoms with Gasteiger partial charge in [0.05, 0.1) is 25.2 Å². The summed E-state index contributed by atoms with van der Waals surface area (Å²) in [6.45, 7) is 0. The van der Waals surface area contributed by atoms with Gasteiger partial charge in [0.2, 0.25) is 5.88 Å². The Morgan fingerprint density at radius 1 is 1.62 bits per heavy atom. The highest BCUT2D eigenvalue weighted by molar-refractivity contribution is 6.07. The summed E-state index contributed by atoms with van der Waals surface area (Å²) in [5.74, 6) is 0.402. The number of methoxy groups -OCH3 is 1. The molecule has 1 heterocycles. The second-order valence-electron chi connectivity index (χ2n) is 2.21. The smallest absolute Gasteiger partial charge is 0.232 e. The minimum Gasteiger partial charge on any atom is -0.480 e. The number of hydrogen-bond donors (Lipinski definition) is 2. The predicted octanol–water partition coefficient (Wildman–Crippen LogP) is 0.434. The molecule has 0 aromatic carbocycles. The van der Waals surface area contributed by atoms with Crippen molar-refractivity contribution in [2.45, 2.75) is 0 Å². The molecule has 3 N–H and O–H groups in total. The Morgan fingerprint density at radius 3 is 2.92 bits per heavy atom. The van der Waals surface area contributed by atoms with Gasteiger partial charge in [-0.15, -0.1) is 0 Å². The van der Waals surface area contributed by atoms with E-state index in [1.807, 2.05) is 0 Å². The van der Waals surface area contributed by atoms with E-state index in [0.29, 0.717) is 17.1 Å². The standard InChI is InChI=1S/C8H10N4O/c1-13-8-5-11-4-7(12-8)6(2-9)3-10/h2-5,9H,10H2,1H3/b6-3+,9-2?. The van der Waals surface area contributed by atoms with E-state index in [1.165, 1.54) is 25.7 Å². The van der Waals surface area contributed by atoms with Gasteiger partial charge in [0.1, 0.15) is 0 Å². The van der Waals surface area contributed by atoms with E-state index in [4.69, 9.17) is 15.9 Å². The van der Waals surface area contributed by atoms with Crippen molar-refractivity contribution in [3.8, 4) is 5.88 Å². The molecule has 0 bridgehead atoms. The van der Waals surface area contributed by atoms with Crippen molar-refractivity contribution in [1.82, 2.24) is 9.97 Å². The molecular weight excluding hydrogens is 168 g/mol. The van der Waals surface area contributed by atoms with E-state index in [9.17, 15) is 0 Å². The Balaban J connectivity index is 3.07. The average molecular weight is 178 g/mol. The molecule has 0 aliphatic heterocycles. The van der Waals surface area contributed by atoms with Crippen LogP contribution in [0.1, 0.15) is 5.69 Å². The molecule has 0 aliphatic rings. The number of nitrogens with zero attached hydrogens (tertiary/aromatic N) is 2. The lowest BCUT2D eigenvalue weighted by Crippen LogP contribution is -1.97. The average Bonchev–Trinajstić information content (AvgIpc) is 2.20. The summed E-state index contributed by atoms with van der Waals surface area (Å²) in [4.78, 5) is 7.93. The zero-order valence-corrected chi connectivity index (χ0v) is 7.19. The van der Waals surface area contributed by atoms with Crippen molar-refractivity contribution in [3.63, 3.8) is 0 Å². The van der Waals surface area contributed by atoms with Crippen LogP contribution in [0.2, 0.25) is 0 Å². The predicted molar refractivity (Wildman–Crippen MR) is 49.5 cm³/mol. The van der Waals surface area contributed by atoms with Crippen LogP contribution < -0.4 is 10.5 Å². The molecule has 68 valence electrons. The molecule has 0 fully saturated rings. The van der Waals surface area contributed by atoms with Crippen molar-refractivity contribution < 1.29 is 4.74 Å². The molecule has 13 heavy (non-hydrogen) atoms. The summed E-state index contributed by atoms with van der Waals surface area (Å²) >= 11 is 0. The van der Waals surface area contributed by atoms with E-state index < -0.39 is 0 Å². The van der Waals surface area contributed by atoms with Gasteiger partial charge in [-0.2, -0.15) is 0 Å². The molecule has 0 saturated carbocycles. The molecule has 0 unspecified atom stereocenters. The molecule has 5 nitrogen and oxygen atoms in total. The maximum atomic E-state index is 7.04. The van der Waals surface area contributed by atoms with Gasteiger partial charge in [-0.05, 0) is 0 Å². The van der Waals surface area contributed by atoms with E-state index in [0.717, 1.165) is 6.21 Å². The first-order valence-electron chi connectivity index (χ1n) is 3.60. The lowest BCUT2D eigenvalue weighted by Gasteiger charge is -2.01. The van der Waals surface area contributed by atoms with Crippen molar-refractivity contribution in [3.05, 3.63) is 24.3 Å². The van der Waals surface area contributed by atoms with E-state index in [-0.39, 0.29) is 0 Å². The minimum absolute atomic E-state index is 0.402. The van der Waals surface area contributed by atoms with Gasteiger partial charge < -0.3 is 15.9 Å². The topological polar surface area (TPSA) is 84.9 Å². The molecule has 0 spiro atoms. The third-order valence-electron chi connectivity index (χ3n) is 1.45. The second kappa shape index (κ2) is 4.20. The second-order valence-corrected chi connectivity index (χ2v) is 2.21. The summed E-state index contributed by atoms with van der Waals surface area (Å²) in [5.41, 5.74) is 6.32. The first-order chi connectivity index (χ1) is 6.31. The number of nitrogens with two attached hydrogens (primary N) is 1. The maximum absolute atomic E-state index is 7.04. The summed E-state index contributed by atoms with van der Waals surface area (Å²) in [5, 5.41) is 7.04. The molecule has 0 radical (unpaired) electrons. The molecule has 0 atom stereocenters. The molecule has 1 rings (SSSR count). The van der Waals surface area contributed by atoms with Crippen molar-refractivity contribution in [2.24, 2.45) is 5.73 Å². The third kappa shape index (κ3) is 2.02. The number of allylic oxidation sites excluding steroid dienone is 1. The van der Waals surface area contributed by atoms with Crippen LogP contribution >= 0.6 is 0 Å². The Bertz CT molecular complexity index is 335. The summed E-state index contributed by atoms with van der Waals surface area (Å²) in [6, 6.07) is 0. The van der Waals surface area contributed by atoms with E-state index in [1.54, 1.807) is 0 Å². The van der Waals surface area contributed by atoms with Crippen LogP contribution in [0.3, 0.4) is 0 Å². The first-order valence-corrected chi connectivity index (χ1v) is 3.60. The molecular formula is C8H10N4O. The Labute approximate surface area is 75.8 Å². The summed E-state index contributed by atoms with van der Waals surface area (Å²) in [6.07, 6.45) is 5.42. The van der Waals surface area contributed by atoms with Crippen molar-refractivity contribution in [1.29, 1.82) is 5.41 Å². The lowest BCUT2D eigenvalue weighted by atomic mass is 10.2. The Morgan fingerprint density at radius 2 is 2.38 bits per heavy atom. The fourth-order valence-corrected chi connectivity index (χ4v) is 0.793. The van der Waals surface area contributed by atoms with Crippen LogP contribution in [0.4, 0.5) is 0 Å². The summed E-state index contributed by atoms with van der Waals surface area (Å²) in [7, 11) is 1.50. The van der Waals surface area contributed by atoms with Gasteiger partial charge >= 0.3 is 0 Å². The Hall–Kier alpha value is -1.91.